The van der Waals surface area contributed by atoms with Gasteiger partial charge in [0.25, 0.3) is 0 Å². The first-order valence-electron chi connectivity index (χ1n) is 6.71. The summed E-state index contributed by atoms with van der Waals surface area (Å²) in [5, 5.41) is 3.24. The van der Waals surface area contributed by atoms with Crippen LogP contribution in [0.25, 0.3) is 0 Å². The van der Waals surface area contributed by atoms with Crippen molar-refractivity contribution in [1.29, 1.82) is 0 Å². The lowest BCUT2D eigenvalue weighted by atomic mass is 9.81. The highest BCUT2D eigenvalue weighted by Crippen LogP contribution is 2.35. The van der Waals surface area contributed by atoms with Gasteiger partial charge in [0, 0.05) is 12.6 Å². The lowest BCUT2D eigenvalue weighted by Gasteiger charge is -2.30. The maximum Gasteiger partial charge on any atom is 0.310 e. The largest absolute Gasteiger partial charge is 0.497 e. The molecule has 0 aromatic heterocycles. The second-order valence-corrected chi connectivity index (χ2v) is 4.87. The minimum absolute atomic E-state index is 0.118. The van der Waals surface area contributed by atoms with Gasteiger partial charge in [0.2, 0.25) is 0 Å². The highest BCUT2D eigenvalue weighted by atomic mass is 16.5. The van der Waals surface area contributed by atoms with Crippen molar-refractivity contribution in [3.63, 3.8) is 0 Å². The lowest BCUT2D eigenvalue weighted by molar-refractivity contribution is -0.146. The SMILES string of the molecule is COC(=O)C1CNCCC1c1cc(OC)cc(OC)c1. The molecule has 1 saturated heterocycles. The lowest BCUT2D eigenvalue weighted by Crippen LogP contribution is -2.40. The van der Waals surface area contributed by atoms with Gasteiger partial charge < -0.3 is 19.5 Å². The van der Waals surface area contributed by atoms with Crippen LogP contribution in [-0.4, -0.2) is 40.4 Å². The Balaban J connectivity index is 2.33. The number of methoxy groups -OCH3 is 3. The average molecular weight is 279 g/mol. The number of piperidine rings is 1. The first kappa shape index (κ1) is 14.7. The minimum atomic E-state index is -0.177. The van der Waals surface area contributed by atoms with Gasteiger partial charge in [0.1, 0.15) is 11.5 Å². The van der Waals surface area contributed by atoms with E-state index in [9.17, 15) is 4.79 Å². The van der Waals surface area contributed by atoms with Crippen molar-refractivity contribution >= 4 is 5.97 Å². The second kappa shape index (κ2) is 6.61. The molecular formula is C15H21NO4. The maximum absolute atomic E-state index is 11.9. The van der Waals surface area contributed by atoms with Crippen LogP contribution in [0.1, 0.15) is 17.9 Å². The summed E-state index contributed by atoms with van der Waals surface area (Å²) in [5.41, 5.74) is 1.05. The van der Waals surface area contributed by atoms with Crippen molar-refractivity contribution in [2.24, 2.45) is 5.92 Å². The normalized spacial score (nSPS) is 22.1. The van der Waals surface area contributed by atoms with Crippen LogP contribution >= 0.6 is 0 Å². The van der Waals surface area contributed by atoms with Gasteiger partial charge >= 0.3 is 5.97 Å². The van der Waals surface area contributed by atoms with Crippen molar-refractivity contribution < 1.29 is 19.0 Å². The van der Waals surface area contributed by atoms with Gasteiger partial charge in [0.05, 0.1) is 27.2 Å². The predicted octanol–water partition coefficient (Wildman–Crippen LogP) is 1.57. The molecule has 2 rings (SSSR count). The van der Waals surface area contributed by atoms with E-state index >= 15 is 0 Å². The molecule has 0 saturated carbocycles. The van der Waals surface area contributed by atoms with Crippen LogP contribution < -0.4 is 14.8 Å². The number of nitrogens with one attached hydrogen (secondary N) is 1. The van der Waals surface area contributed by atoms with Crippen LogP contribution in [0.4, 0.5) is 0 Å². The van der Waals surface area contributed by atoms with Crippen molar-refractivity contribution in [2.45, 2.75) is 12.3 Å². The van der Waals surface area contributed by atoms with E-state index in [0.717, 1.165) is 30.0 Å². The molecule has 1 fully saturated rings. The number of carbonyl (C=O) groups is 1. The summed E-state index contributed by atoms with van der Waals surface area (Å²) in [4.78, 5) is 11.9. The third kappa shape index (κ3) is 3.04. The fourth-order valence-corrected chi connectivity index (χ4v) is 2.70. The van der Waals surface area contributed by atoms with Gasteiger partial charge in [-0.15, -0.1) is 0 Å². The number of esters is 1. The van der Waals surface area contributed by atoms with Gasteiger partial charge in [0.15, 0.2) is 0 Å². The number of ether oxygens (including phenoxy) is 3. The summed E-state index contributed by atoms with van der Waals surface area (Å²) in [6, 6.07) is 5.76. The minimum Gasteiger partial charge on any atom is -0.497 e. The molecule has 1 aromatic rings. The Labute approximate surface area is 119 Å². The van der Waals surface area contributed by atoms with E-state index < -0.39 is 0 Å². The molecule has 1 aliphatic rings. The van der Waals surface area contributed by atoms with E-state index in [2.05, 4.69) is 5.32 Å². The zero-order chi connectivity index (χ0) is 14.5. The van der Waals surface area contributed by atoms with Crippen molar-refractivity contribution in [1.82, 2.24) is 5.32 Å². The zero-order valence-electron chi connectivity index (χ0n) is 12.1. The first-order chi connectivity index (χ1) is 9.69. The topological polar surface area (TPSA) is 56.8 Å². The van der Waals surface area contributed by atoms with Crippen LogP contribution in [0, 0.1) is 5.92 Å². The van der Waals surface area contributed by atoms with E-state index in [1.165, 1.54) is 7.11 Å². The molecule has 0 aliphatic carbocycles. The fraction of sp³-hybridized carbons (Fsp3) is 0.533. The quantitative estimate of drug-likeness (QED) is 0.848. The van der Waals surface area contributed by atoms with E-state index in [-0.39, 0.29) is 17.8 Å². The third-order valence-corrected chi connectivity index (χ3v) is 3.79. The fourth-order valence-electron chi connectivity index (χ4n) is 2.70. The molecule has 1 N–H and O–H groups in total. The van der Waals surface area contributed by atoms with E-state index in [0.29, 0.717) is 6.54 Å². The summed E-state index contributed by atoms with van der Waals surface area (Å²) >= 11 is 0. The molecule has 1 heterocycles. The monoisotopic (exact) mass is 279 g/mol. The average Bonchev–Trinajstić information content (AvgIpc) is 2.53. The van der Waals surface area contributed by atoms with Crippen LogP contribution in [0.5, 0.6) is 11.5 Å². The van der Waals surface area contributed by atoms with Crippen LogP contribution in [0.3, 0.4) is 0 Å². The zero-order valence-corrected chi connectivity index (χ0v) is 12.1. The smallest absolute Gasteiger partial charge is 0.310 e. The van der Waals surface area contributed by atoms with Crippen LogP contribution in [0.2, 0.25) is 0 Å². The number of hydrogen-bond acceptors (Lipinski definition) is 5. The van der Waals surface area contributed by atoms with Crippen molar-refractivity contribution in [3.05, 3.63) is 23.8 Å². The van der Waals surface area contributed by atoms with Gasteiger partial charge in [-0.2, -0.15) is 0 Å². The Morgan fingerprint density at radius 3 is 2.35 bits per heavy atom. The van der Waals surface area contributed by atoms with Gasteiger partial charge in [-0.05, 0) is 36.6 Å². The molecule has 2 unspecified atom stereocenters. The molecule has 1 aromatic carbocycles. The number of hydrogen-bond donors (Lipinski definition) is 1. The molecule has 5 heteroatoms. The summed E-state index contributed by atoms with van der Waals surface area (Å²) < 4.78 is 15.5. The summed E-state index contributed by atoms with van der Waals surface area (Å²) in [7, 11) is 4.68. The number of benzene rings is 1. The first-order valence-corrected chi connectivity index (χ1v) is 6.71. The Bertz CT molecular complexity index is 453. The molecule has 20 heavy (non-hydrogen) atoms. The predicted molar refractivity (Wildman–Crippen MR) is 75.3 cm³/mol. The Kier molecular flexibility index (Phi) is 4.84. The second-order valence-electron chi connectivity index (χ2n) is 4.87. The molecule has 0 spiro atoms. The third-order valence-electron chi connectivity index (χ3n) is 3.79. The molecular weight excluding hydrogens is 258 g/mol. The Hall–Kier alpha value is -1.75. The summed E-state index contributed by atoms with van der Waals surface area (Å²) in [6.07, 6.45) is 0.885. The van der Waals surface area contributed by atoms with Crippen molar-refractivity contribution in [3.8, 4) is 11.5 Å². The number of rotatable bonds is 4. The highest BCUT2D eigenvalue weighted by Gasteiger charge is 2.33. The van der Waals surface area contributed by atoms with Gasteiger partial charge in [-0.1, -0.05) is 0 Å². The van der Waals surface area contributed by atoms with E-state index in [1.807, 2.05) is 18.2 Å². The molecule has 110 valence electrons. The Morgan fingerprint density at radius 2 is 1.80 bits per heavy atom. The molecule has 5 nitrogen and oxygen atoms in total. The number of carbonyl (C=O) groups excluding carboxylic acids is 1. The van der Waals surface area contributed by atoms with Gasteiger partial charge in [-0.3, -0.25) is 4.79 Å². The molecule has 0 radical (unpaired) electrons. The van der Waals surface area contributed by atoms with Crippen LogP contribution in [0.15, 0.2) is 18.2 Å². The highest BCUT2D eigenvalue weighted by molar-refractivity contribution is 5.74. The molecule has 0 bridgehead atoms. The van der Waals surface area contributed by atoms with E-state index in [1.54, 1.807) is 14.2 Å². The van der Waals surface area contributed by atoms with Crippen molar-refractivity contribution in [2.75, 3.05) is 34.4 Å². The molecule has 2 atom stereocenters. The van der Waals surface area contributed by atoms with E-state index in [4.69, 9.17) is 14.2 Å². The summed E-state index contributed by atoms with van der Waals surface area (Å²) in [6.45, 7) is 1.52. The Morgan fingerprint density at radius 1 is 1.15 bits per heavy atom. The molecule has 1 aliphatic heterocycles. The standard InChI is InChI=1S/C15H21NO4/c1-18-11-6-10(7-12(8-11)19-2)13-4-5-16-9-14(13)15(17)20-3/h6-8,13-14,16H,4-5,9H2,1-3H3. The van der Waals surface area contributed by atoms with Crippen LogP contribution in [-0.2, 0) is 9.53 Å². The van der Waals surface area contributed by atoms with Gasteiger partial charge in [-0.25, -0.2) is 0 Å². The molecule has 0 amide bonds. The maximum atomic E-state index is 11.9. The summed E-state index contributed by atoms with van der Waals surface area (Å²) in [5.74, 6) is 1.24.